The minimum Gasteiger partial charge on any atom is -0.550 e. The van der Waals surface area contributed by atoms with Crippen LogP contribution in [0.2, 0.25) is 0 Å². The van der Waals surface area contributed by atoms with Crippen molar-refractivity contribution >= 4 is 5.97 Å². The number of hydrogen-bond donors (Lipinski definition) is 0. The Morgan fingerprint density at radius 2 is 2.22 bits per heavy atom. The van der Waals surface area contributed by atoms with Crippen molar-refractivity contribution in [2.24, 2.45) is 5.92 Å². The second-order valence-electron chi connectivity index (χ2n) is 2.47. The maximum atomic E-state index is 9.97. The van der Waals surface area contributed by atoms with Crippen molar-refractivity contribution in [3.63, 3.8) is 0 Å². The van der Waals surface area contributed by atoms with E-state index in [4.69, 9.17) is 0 Å². The van der Waals surface area contributed by atoms with E-state index in [0.29, 0.717) is 0 Å². The highest BCUT2D eigenvalue weighted by Crippen LogP contribution is 2.07. The summed E-state index contributed by atoms with van der Waals surface area (Å²) in [6, 6.07) is 0. The van der Waals surface area contributed by atoms with Crippen LogP contribution >= 0.6 is 0 Å². The SMILES string of the molecule is CCC[C@H](C)CC(=O)[O-]. The standard InChI is InChI=1S/C7H14O2/c1-3-4-6(2)5-7(8)9/h6H,3-5H2,1-2H3,(H,8,9)/p-1/t6-/m0/s1. The molecule has 0 N–H and O–H groups in total. The minimum atomic E-state index is -0.934. The summed E-state index contributed by atoms with van der Waals surface area (Å²) in [7, 11) is 0. The second kappa shape index (κ2) is 4.36. The van der Waals surface area contributed by atoms with Gasteiger partial charge in [0.05, 0.1) is 0 Å². The Bertz CT molecular complexity index is 88.9. The third-order valence-electron chi connectivity index (χ3n) is 1.30. The quantitative estimate of drug-likeness (QED) is 0.556. The minimum absolute atomic E-state index is 0.202. The Morgan fingerprint density at radius 3 is 2.56 bits per heavy atom. The van der Waals surface area contributed by atoms with Gasteiger partial charge >= 0.3 is 0 Å². The van der Waals surface area contributed by atoms with E-state index >= 15 is 0 Å². The number of carbonyl (C=O) groups excluding carboxylic acids is 1. The lowest BCUT2D eigenvalue weighted by Gasteiger charge is -2.08. The van der Waals surface area contributed by atoms with Crippen LogP contribution in [0.25, 0.3) is 0 Å². The van der Waals surface area contributed by atoms with Crippen molar-refractivity contribution in [2.45, 2.75) is 33.1 Å². The molecule has 0 saturated heterocycles. The molecule has 0 amide bonds. The van der Waals surface area contributed by atoms with Crippen molar-refractivity contribution in [1.82, 2.24) is 0 Å². The van der Waals surface area contributed by atoms with E-state index < -0.39 is 5.97 Å². The van der Waals surface area contributed by atoms with Gasteiger partial charge in [0.25, 0.3) is 0 Å². The number of carbonyl (C=O) groups is 1. The van der Waals surface area contributed by atoms with Crippen LogP contribution in [0.5, 0.6) is 0 Å². The summed E-state index contributed by atoms with van der Waals surface area (Å²) in [6.45, 7) is 3.98. The third-order valence-corrected chi connectivity index (χ3v) is 1.30. The molecule has 1 atom stereocenters. The Balaban J connectivity index is 3.26. The van der Waals surface area contributed by atoms with Gasteiger partial charge in [0, 0.05) is 5.97 Å². The molecule has 0 radical (unpaired) electrons. The molecule has 2 heteroatoms. The van der Waals surface area contributed by atoms with E-state index in [1.807, 2.05) is 13.8 Å². The second-order valence-corrected chi connectivity index (χ2v) is 2.47. The molecule has 54 valence electrons. The van der Waals surface area contributed by atoms with Gasteiger partial charge in [-0.25, -0.2) is 0 Å². The molecule has 0 aromatic rings. The molecule has 0 heterocycles. The number of aliphatic carboxylic acids is 1. The lowest BCUT2D eigenvalue weighted by molar-refractivity contribution is -0.306. The molecule has 0 bridgehead atoms. The molecule has 0 spiro atoms. The van der Waals surface area contributed by atoms with Crippen molar-refractivity contribution < 1.29 is 9.90 Å². The topological polar surface area (TPSA) is 40.1 Å². The first-order valence-electron chi connectivity index (χ1n) is 3.36. The molecule has 0 aliphatic rings. The smallest absolute Gasteiger partial charge is 0.0416 e. The number of rotatable bonds is 4. The average Bonchev–Trinajstić information content (AvgIpc) is 1.63. The maximum absolute atomic E-state index is 9.97. The van der Waals surface area contributed by atoms with Gasteiger partial charge in [-0.1, -0.05) is 26.7 Å². The maximum Gasteiger partial charge on any atom is 0.0416 e. The Morgan fingerprint density at radius 1 is 1.67 bits per heavy atom. The van der Waals surface area contributed by atoms with Gasteiger partial charge in [-0.05, 0) is 12.3 Å². The van der Waals surface area contributed by atoms with Crippen molar-refractivity contribution in [3.8, 4) is 0 Å². The summed E-state index contributed by atoms with van der Waals surface area (Å²) in [5, 5.41) is 9.97. The van der Waals surface area contributed by atoms with Crippen LogP contribution in [0.3, 0.4) is 0 Å². The summed E-state index contributed by atoms with van der Waals surface area (Å²) in [6.07, 6.45) is 2.23. The number of hydrogen-bond acceptors (Lipinski definition) is 2. The van der Waals surface area contributed by atoms with E-state index in [0.717, 1.165) is 12.8 Å². The first-order chi connectivity index (χ1) is 4.16. The first kappa shape index (κ1) is 8.47. The van der Waals surface area contributed by atoms with Gasteiger partial charge in [-0.2, -0.15) is 0 Å². The Kier molecular flexibility index (Phi) is 4.10. The monoisotopic (exact) mass is 129 g/mol. The Hall–Kier alpha value is -0.530. The van der Waals surface area contributed by atoms with E-state index in [2.05, 4.69) is 0 Å². The van der Waals surface area contributed by atoms with Crippen LogP contribution in [0.1, 0.15) is 33.1 Å². The predicted octanol–water partition coefficient (Wildman–Crippen LogP) is 0.563. The van der Waals surface area contributed by atoms with Crippen LogP contribution in [0.4, 0.5) is 0 Å². The number of carboxylic acids is 1. The largest absolute Gasteiger partial charge is 0.550 e. The molecule has 0 aliphatic heterocycles. The van der Waals surface area contributed by atoms with Gasteiger partial charge < -0.3 is 9.90 Å². The molecule has 2 nitrogen and oxygen atoms in total. The van der Waals surface area contributed by atoms with E-state index in [1.165, 1.54) is 0 Å². The summed E-state index contributed by atoms with van der Waals surface area (Å²) < 4.78 is 0. The fourth-order valence-corrected chi connectivity index (χ4v) is 0.879. The third kappa shape index (κ3) is 5.34. The molecule has 0 fully saturated rings. The molecular formula is C7H13O2-. The number of carboxylic acid groups (broad SMARTS) is 1. The van der Waals surface area contributed by atoms with Crippen molar-refractivity contribution in [1.29, 1.82) is 0 Å². The summed E-state index contributed by atoms with van der Waals surface area (Å²) >= 11 is 0. The zero-order valence-corrected chi connectivity index (χ0v) is 6.02. The van der Waals surface area contributed by atoms with Crippen LogP contribution in [0.15, 0.2) is 0 Å². The normalized spacial score (nSPS) is 13.1. The predicted molar refractivity (Wildman–Crippen MR) is 33.7 cm³/mol. The van der Waals surface area contributed by atoms with Crippen LogP contribution in [0, 0.1) is 5.92 Å². The molecular weight excluding hydrogens is 116 g/mol. The van der Waals surface area contributed by atoms with Gasteiger partial charge in [0.1, 0.15) is 0 Å². The van der Waals surface area contributed by atoms with Gasteiger partial charge in [0.2, 0.25) is 0 Å². The zero-order valence-electron chi connectivity index (χ0n) is 6.02. The van der Waals surface area contributed by atoms with Crippen LogP contribution < -0.4 is 5.11 Å². The summed E-state index contributed by atoms with van der Waals surface area (Å²) in [5.74, 6) is -0.657. The fraction of sp³-hybridized carbons (Fsp3) is 0.857. The van der Waals surface area contributed by atoms with Gasteiger partial charge in [-0.3, -0.25) is 0 Å². The molecule has 0 unspecified atom stereocenters. The molecule has 0 rings (SSSR count). The molecule has 0 aliphatic carbocycles. The lowest BCUT2D eigenvalue weighted by Crippen LogP contribution is -2.24. The highest BCUT2D eigenvalue weighted by atomic mass is 16.4. The molecule has 0 aromatic carbocycles. The lowest BCUT2D eigenvalue weighted by atomic mass is 10.0. The molecule has 0 aromatic heterocycles. The Labute approximate surface area is 55.9 Å². The highest BCUT2D eigenvalue weighted by Gasteiger charge is 1.98. The first-order valence-corrected chi connectivity index (χ1v) is 3.36. The highest BCUT2D eigenvalue weighted by molar-refractivity contribution is 5.64. The van der Waals surface area contributed by atoms with Crippen molar-refractivity contribution in [2.75, 3.05) is 0 Å². The molecule has 0 saturated carbocycles. The van der Waals surface area contributed by atoms with E-state index in [-0.39, 0.29) is 12.3 Å². The van der Waals surface area contributed by atoms with Gasteiger partial charge in [-0.15, -0.1) is 0 Å². The zero-order chi connectivity index (χ0) is 7.28. The average molecular weight is 129 g/mol. The summed E-state index contributed by atoms with van der Waals surface area (Å²) in [5.41, 5.74) is 0. The van der Waals surface area contributed by atoms with Crippen molar-refractivity contribution in [3.05, 3.63) is 0 Å². The summed E-state index contributed by atoms with van der Waals surface area (Å²) in [4.78, 5) is 9.97. The van der Waals surface area contributed by atoms with E-state index in [9.17, 15) is 9.90 Å². The van der Waals surface area contributed by atoms with Gasteiger partial charge in [0.15, 0.2) is 0 Å². The fourth-order valence-electron chi connectivity index (χ4n) is 0.879. The van der Waals surface area contributed by atoms with Crippen LogP contribution in [-0.4, -0.2) is 5.97 Å². The molecule has 9 heavy (non-hydrogen) atoms. The van der Waals surface area contributed by atoms with E-state index in [1.54, 1.807) is 0 Å². The van der Waals surface area contributed by atoms with Crippen LogP contribution in [-0.2, 0) is 4.79 Å².